The Hall–Kier alpha value is -1.92. The minimum atomic E-state index is -4.71. The number of sulfone groups is 1. The molecule has 27 heavy (non-hydrogen) atoms. The molecule has 0 spiro atoms. The number of benzene rings is 1. The van der Waals surface area contributed by atoms with Crippen LogP contribution in [0.3, 0.4) is 0 Å². The van der Waals surface area contributed by atoms with Crippen LogP contribution in [0.15, 0.2) is 33.7 Å². The van der Waals surface area contributed by atoms with Crippen molar-refractivity contribution in [1.29, 1.82) is 0 Å². The molecule has 0 saturated carbocycles. The highest BCUT2D eigenvalue weighted by Crippen LogP contribution is 2.33. The van der Waals surface area contributed by atoms with E-state index in [0.717, 1.165) is 0 Å². The van der Waals surface area contributed by atoms with Gasteiger partial charge in [0.2, 0.25) is 15.8 Å². The molecule has 1 N–H and O–H groups in total. The van der Waals surface area contributed by atoms with Crippen molar-refractivity contribution in [2.45, 2.75) is 30.5 Å². The molecular formula is C15H15F3N2O5S2. The van der Waals surface area contributed by atoms with Gasteiger partial charge in [-0.1, -0.05) is 17.3 Å². The fourth-order valence-corrected chi connectivity index (χ4v) is 6.08. The third kappa shape index (κ3) is 4.33. The Morgan fingerprint density at radius 2 is 1.96 bits per heavy atom. The van der Waals surface area contributed by atoms with Crippen molar-refractivity contribution in [2.75, 3.05) is 11.5 Å². The van der Waals surface area contributed by atoms with Gasteiger partial charge in [0, 0.05) is 17.7 Å². The summed E-state index contributed by atoms with van der Waals surface area (Å²) in [6.07, 6.45) is -4.54. The normalized spacial score (nSPS) is 20.1. The second kappa shape index (κ2) is 6.60. The molecular weight excluding hydrogens is 409 g/mol. The number of rotatable bonds is 4. The lowest BCUT2D eigenvalue weighted by molar-refractivity contribution is -0.155. The zero-order valence-corrected chi connectivity index (χ0v) is 15.6. The lowest BCUT2D eigenvalue weighted by Crippen LogP contribution is -2.35. The van der Waals surface area contributed by atoms with Crippen LogP contribution in [0.1, 0.15) is 17.7 Å². The largest absolute Gasteiger partial charge is 0.452 e. The first-order valence-electron chi connectivity index (χ1n) is 7.75. The lowest BCUT2D eigenvalue weighted by Gasteiger charge is -2.14. The zero-order valence-electron chi connectivity index (χ0n) is 13.9. The van der Waals surface area contributed by atoms with E-state index >= 15 is 0 Å². The van der Waals surface area contributed by atoms with E-state index in [9.17, 15) is 30.0 Å². The summed E-state index contributed by atoms with van der Waals surface area (Å²) in [5.74, 6) is -1.68. The number of nitrogens with zero attached hydrogens (tertiary/aromatic N) is 1. The third-order valence-electron chi connectivity index (χ3n) is 4.12. The summed E-state index contributed by atoms with van der Waals surface area (Å²) < 4.78 is 92.9. The second-order valence-corrected chi connectivity index (χ2v) is 10.2. The average Bonchev–Trinajstić information content (AvgIpc) is 3.13. The van der Waals surface area contributed by atoms with Gasteiger partial charge in [0.15, 0.2) is 9.84 Å². The second-order valence-electron chi connectivity index (χ2n) is 6.28. The van der Waals surface area contributed by atoms with Crippen molar-refractivity contribution < 1.29 is 34.5 Å². The maximum absolute atomic E-state index is 12.7. The summed E-state index contributed by atoms with van der Waals surface area (Å²) in [5, 5.41) is 3.34. The Kier molecular flexibility index (Phi) is 4.85. The first kappa shape index (κ1) is 19.8. The molecule has 1 aromatic heterocycles. The quantitative estimate of drug-likeness (QED) is 0.806. The van der Waals surface area contributed by atoms with Gasteiger partial charge >= 0.3 is 6.18 Å². The van der Waals surface area contributed by atoms with Crippen LogP contribution in [-0.4, -0.2) is 39.5 Å². The Labute approximate surface area is 153 Å². The van der Waals surface area contributed by atoms with E-state index in [-0.39, 0.29) is 34.1 Å². The van der Waals surface area contributed by atoms with E-state index in [1.807, 2.05) is 0 Å². The van der Waals surface area contributed by atoms with E-state index in [0.29, 0.717) is 11.6 Å². The Balaban J connectivity index is 1.92. The van der Waals surface area contributed by atoms with Crippen molar-refractivity contribution >= 4 is 19.9 Å². The monoisotopic (exact) mass is 424 g/mol. The van der Waals surface area contributed by atoms with Crippen LogP contribution in [-0.2, 0) is 26.0 Å². The Morgan fingerprint density at radius 1 is 1.26 bits per heavy atom. The van der Waals surface area contributed by atoms with E-state index < -0.39 is 37.8 Å². The van der Waals surface area contributed by atoms with Gasteiger partial charge < -0.3 is 4.52 Å². The molecule has 0 radical (unpaired) electrons. The fourth-order valence-electron chi connectivity index (χ4n) is 2.76. The van der Waals surface area contributed by atoms with E-state index in [1.165, 1.54) is 25.1 Å². The molecule has 2 aromatic rings. The van der Waals surface area contributed by atoms with Gasteiger partial charge in [-0.05, 0) is 25.0 Å². The average molecular weight is 424 g/mol. The number of hydrogen-bond donors (Lipinski definition) is 1. The summed E-state index contributed by atoms with van der Waals surface area (Å²) in [4.78, 5) is -0.166. The number of halogens is 3. The minimum absolute atomic E-state index is 0.0988. The SMILES string of the molecule is Cc1ccc(-c2cc(C(F)(F)F)on2)cc1S(=O)(=O)N[C@@H]1CCS(=O)(=O)C1. The molecule has 1 aliphatic heterocycles. The molecule has 1 fully saturated rings. The third-order valence-corrected chi connectivity index (χ3v) is 7.55. The summed E-state index contributed by atoms with van der Waals surface area (Å²) in [7, 11) is -7.35. The maximum Gasteiger partial charge on any atom is 0.452 e. The van der Waals surface area contributed by atoms with Crippen molar-refractivity contribution in [3.05, 3.63) is 35.6 Å². The molecule has 0 amide bonds. The first-order valence-corrected chi connectivity index (χ1v) is 11.1. The standard InChI is InChI=1S/C15H15F3N2O5S2/c1-9-2-3-10(12-7-14(25-19-12)15(16,17)18)6-13(9)27(23,24)20-11-4-5-26(21,22)8-11/h2-3,6-7,11,20H,4-5,8H2,1H3/t11-/m1/s1. The fraction of sp³-hybridized carbons (Fsp3) is 0.400. The highest BCUT2D eigenvalue weighted by Gasteiger charge is 2.36. The summed E-state index contributed by atoms with van der Waals surface area (Å²) in [5.41, 5.74) is 0.313. The lowest BCUT2D eigenvalue weighted by atomic mass is 10.1. The van der Waals surface area contributed by atoms with E-state index in [4.69, 9.17) is 0 Å². The van der Waals surface area contributed by atoms with Crippen LogP contribution in [0, 0.1) is 6.92 Å². The number of sulfonamides is 1. The number of nitrogens with one attached hydrogen (secondary N) is 1. The van der Waals surface area contributed by atoms with Crippen LogP contribution in [0.4, 0.5) is 13.2 Å². The van der Waals surface area contributed by atoms with Crippen LogP contribution < -0.4 is 4.72 Å². The van der Waals surface area contributed by atoms with Crippen LogP contribution >= 0.6 is 0 Å². The molecule has 12 heteroatoms. The molecule has 1 saturated heterocycles. The summed E-state index contributed by atoms with van der Waals surface area (Å²) in [6, 6.07) is 3.97. The molecule has 0 unspecified atom stereocenters. The predicted molar refractivity (Wildman–Crippen MR) is 89.1 cm³/mol. The Morgan fingerprint density at radius 3 is 2.52 bits per heavy atom. The van der Waals surface area contributed by atoms with Gasteiger partial charge in [-0.15, -0.1) is 0 Å². The van der Waals surface area contributed by atoms with Crippen LogP contribution in [0.25, 0.3) is 11.3 Å². The number of hydrogen-bond acceptors (Lipinski definition) is 6. The summed E-state index contributed by atoms with van der Waals surface area (Å²) >= 11 is 0. The molecule has 1 aromatic carbocycles. The number of alkyl halides is 3. The van der Waals surface area contributed by atoms with Gasteiger partial charge in [0.1, 0.15) is 5.69 Å². The maximum atomic E-state index is 12.7. The first-order chi connectivity index (χ1) is 12.4. The highest BCUT2D eigenvalue weighted by molar-refractivity contribution is 7.92. The number of aromatic nitrogens is 1. The molecule has 148 valence electrons. The van der Waals surface area contributed by atoms with Crippen molar-refractivity contribution in [3.8, 4) is 11.3 Å². The van der Waals surface area contributed by atoms with Gasteiger partial charge in [0.05, 0.1) is 16.4 Å². The Bertz CT molecular complexity index is 1080. The van der Waals surface area contributed by atoms with Gasteiger partial charge in [0.25, 0.3) is 0 Å². The molecule has 7 nitrogen and oxygen atoms in total. The van der Waals surface area contributed by atoms with Crippen molar-refractivity contribution in [3.63, 3.8) is 0 Å². The molecule has 0 bridgehead atoms. The zero-order chi connectivity index (χ0) is 20.0. The summed E-state index contributed by atoms with van der Waals surface area (Å²) in [6.45, 7) is 1.52. The molecule has 0 aliphatic carbocycles. The van der Waals surface area contributed by atoms with Gasteiger partial charge in [-0.2, -0.15) is 13.2 Å². The highest BCUT2D eigenvalue weighted by atomic mass is 32.2. The van der Waals surface area contributed by atoms with Crippen LogP contribution in [0.5, 0.6) is 0 Å². The van der Waals surface area contributed by atoms with Crippen molar-refractivity contribution in [2.24, 2.45) is 0 Å². The molecule has 1 aliphatic rings. The topological polar surface area (TPSA) is 106 Å². The molecule has 1 atom stereocenters. The van der Waals surface area contributed by atoms with E-state index in [2.05, 4.69) is 14.4 Å². The number of aryl methyl sites for hydroxylation is 1. The molecule has 3 rings (SSSR count). The van der Waals surface area contributed by atoms with Gasteiger partial charge in [-0.3, -0.25) is 0 Å². The smallest absolute Gasteiger partial charge is 0.351 e. The molecule has 2 heterocycles. The van der Waals surface area contributed by atoms with Crippen molar-refractivity contribution in [1.82, 2.24) is 9.88 Å². The predicted octanol–water partition coefficient (Wildman–Crippen LogP) is 2.13. The minimum Gasteiger partial charge on any atom is -0.351 e. The van der Waals surface area contributed by atoms with E-state index in [1.54, 1.807) is 0 Å². The van der Waals surface area contributed by atoms with Crippen LogP contribution in [0.2, 0.25) is 0 Å². The van der Waals surface area contributed by atoms with Gasteiger partial charge in [-0.25, -0.2) is 21.6 Å².